The number of alkyl carbamates (subject to hydrolysis) is 1. The molecule has 0 saturated carbocycles. The van der Waals surface area contributed by atoms with E-state index in [4.69, 9.17) is 27.7 Å². The van der Waals surface area contributed by atoms with Crippen LogP contribution in [0, 0.1) is 23.7 Å². The molecule has 0 aliphatic carbocycles. The van der Waals surface area contributed by atoms with Gasteiger partial charge in [-0.25, -0.2) is 24.7 Å². The second-order valence-electron chi connectivity index (χ2n) is 48.1. The number of amides is 2. The van der Waals surface area contributed by atoms with E-state index in [9.17, 15) is 24.0 Å². The number of ether oxygens (including phenoxy) is 1. The number of ketones is 3. The van der Waals surface area contributed by atoms with E-state index in [1.165, 1.54) is 69.8 Å². The Kier molecular flexibility index (Phi) is 49.4. The normalized spacial score (nSPS) is 16.8. The number of nitrogens with two attached hydrogens (primary N) is 4. The molecule has 11 N–H and O–H groups in total. The summed E-state index contributed by atoms with van der Waals surface area (Å²) in [4.78, 5) is 103. The highest BCUT2D eigenvalue weighted by atomic mass is 16.5. The molecule has 9 aromatic rings. The predicted molar refractivity (Wildman–Crippen MR) is 609 cm³/mol. The smallest absolute Gasteiger partial charge is 0.407 e. The van der Waals surface area contributed by atoms with Crippen molar-refractivity contribution in [2.45, 2.75) is 358 Å². The van der Waals surface area contributed by atoms with E-state index >= 15 is 0 Å². The lowest BCUT2D eigenvalue weighted by Crippen LogP contribution is -2.48. The Hall–Kier alpha value is -10.8. The van der Waals surface area contributed by atoms with Crippen LogP contribution in [0.2, 0.25) is 0 Å². The zero-order valence-electron chi connectivity index (χ0n) is 95.1. The van der Waals surface area contributed by atoms with Crippen molar-refractivity contribution in [1.82, 2.24) is 55.8 Å². The van der Waals surface area contributed by atoms with Crippen LogP contribution in [-0.2, 0) is 71.1 Å². The van der Waals surface area contributed by atoms with Crippen LogP contribution in [0.4, 0.5) is 28.1 Å². The number of aryl methyl sites for hydroxylation is 2. The minimum atomic E-state index is -0.359. The summed E-state index contributed by atoms with van der Waals surface area (Å²) < 4.78 is 5.34. The van der Waals surface area contributed by atoms with E-state index < -0.39 is 0 Å². The van der Waals surface area contributed by atoms with E-state index in [1.807, 2.05) is 119 Å². The van der Waals surface area contributed by atoms with Crippen LogP contribution in [-0.4, -0.2) is 172 Å². The van der Waals surface area contributed by atoms with Crippen molar-refractivity contribution in [3.8, 4) is 0 Å². The number of hydrogen-bond acceptors (Lipinski definition) is 23. The molecule has 0 spiro atoms. The van der Waals surface area contributed by atoms with Gasteiger partial charge in [0, 0.05) is 190 Å². The molecule has 14 rings (SSSR count). The maximum Gasteiger partial charge on any atom is 0.407 e. The van der Waals surface area contributed by atoms with Crippen LogP contribution in [0.1, 0.15) is 359 Å². The van der Waals surface area contributed by atoms with E-state index in [-0.39, 0.29) is 85.9 Å². The summed E-state index contributed by atoms with van der Waals surface area (Å²) in [6, 6.07) is 37.6. The number of piperidine rings is 4. The van der Waals surface area contributed by atoms with Crippen molar-refractivity contribution in [3.63, 3.8) is 0 Å². The number of Topliss-reactive ketones (excluding diaryl/α,β-unsaturated/α-hetero) is 3. The standard InChI is InChI=1S/C22H29N3O2.C17H28N4O.C16H25NO.C15H24N2O.2C14H23N3.C13H20N2.C11H15NO/c1-22(2,3)18-11-12-20(23-14-18)25-13-7-10-19(15-25)24-21(26)27-16-17-8-5-4-6-9-17;1-17(2,3)14-4-5-15(20-12-14)21-10-6-13(7-11-21)16(22)19-9-8-18;1-11(2)13(5)16(18)7-6-14-8-15(12(3)4)10-17-9-14;1-10(2)13-7-12(8-17-9-13)5-6-14(18)15(16)11(3)4;1-14(2,3)11-4-5-13(16-10-11)17-8-6-12(15)7-9-17;1-14(2,3)11-6-7-13(16-9-11)17-8-4-5-12(15)10-17;1-13(2,3)12-6-11(8-15-9-12)10-4-5-14-7-10;1-8(13)10-6-5-9(7-12-10)11(2,3)4/h4-6,8-9,11-12,14,19H,7,10,13,15-16H2,1-3H3,(H,24,26);4-5,12-13H,6-11,18H2,1-3H3,(H,19,22);8-13H,6-7H2,1-5H3;7-11,15H,5-6,16H2,1-4H3;4-5,10,12H,6-9,15H2,1-3H3;6-7,9,12H,4-5,8,10,15H2,1-3H3;6,8-10,14H,4-5,7H2,1-3H3;5-7H,1-4H3/t;;13-;15-;;;;/m..00..../s1. The zero-order valence-corrected chi connectivity index (χ0v) is 95.1. The summed E-state index contributed by atoms with van der Waals surface area (Å²) in [5.41, 5.74) is 39.2. The molecule has 5 saturated heterocycles. The van der Waals surface area contributed by atoms with Gasteiger partial charge in [0.15, 0.2) is 5.78 Å². The fourth-order valence-corrected chi connectivity index (χ4v) is 17.0. The Morgan fingerprint density at radius 2 is 0.864 bits per heavy atom. The molecule has 1 aromatic carbocycles. The van der Waals surface area contributed by atoms with Crippen LogP contribution in [0.15, 0.2) is 177 Å². The van der Waals surface area contributed by atoms with Gasteiger partial charge in [-0.05, 0) is 236 Å². The van der Waals surface area contributed by atoms with Crippen LogP contribution >= 0.6 is 0 Å². The third kappa shape index (κ3) is 43.3. The number of rotatable bonds is 24. The molecular formula is C122H187N19O6. The van der Waals surface area contributed by atoms with Crippen LogP contribution in [0.3, 0.4) is 0 Å². The first-order valence-electron chi connectivity index (χ1n) is 54.2. The SMILES string of the molecule is CC(=O)c1ccc(C(C)(C)C)cn1.CC(C)(C)c1ccc(N2CCC(C(=O)NCCN)CC2)nc1.CC(C)(C)c1ccc(N2CCC(N)CC2)nc1.CC(C)(C)c1ccc(N2CCCC(N)C2)nc1.CC(C)(C)c1ccc(N2CCCC(NC(=O)OCc3ccccc3)C2)nc1.CC(C)(C)c1cncc(C2CCNC2)c1.CC(C)c1cncc(CCC(=O)[C@@H](C)C(C)C)c1.CC(C)c1cncc(CCC(=O)[C@@H](N)C(C)C)c1. The van der Waals surface area contributed by atoms with Gasteiger partial charge < -0.3 is 63.2 Å². The van der Waals surface area contributed by atoms with Gasteiger partial charge in [0.1, 0.15) is 47.1 Å². The van der Waals surface area contributed by atoms with Gasteiger partial charge in [-0.1, -0.05) is 266 Å². The van der Waals surface area contributed by atoms with E-state index in [0.29, 0.717) is 79.8 Å². The van der Waals surface area contributed by atoms with Crippen LogP contribution in [0.25, 0.3) is 0 Å². The first-order chi connectivity index (χ1) is 69.1. The predicted octanol–water partition coefficient (Wildman–Crippen LogP) is 22.3. The maximum atomic E-state index is 12.1. The minimum Gasteiger partial charge on any atom is -0.445 e. The summed E-state index contributed by atoms with van der Waals surface area (Å²) in [5, 5.41) is 9.28. The van der Waals surface area contributed by atoms with Crippen LogP contribution in [0.5, 0.6) is 0 Å². The first-order valence-corrected chi connectivity index (χ1v) is 54.2. The molecule has 3 unspecified atom stereocenters. The van der Waals surface area contributed by atoms with Gasteiger partial charge in [-0.3, -0.25) is 39.1 Å². The van der Waals surface area contributed by atoms with Crippen molar-refractivity contribution in [2.75, 3.05) is 98.1 Å². The second kappa shape index (κ2) is 58.9. The number of benzene rings is 1. The van der Waals surface area contributed by atoms with Gasteiger partial charge >= 0.3 is 6.09 Å². The highest BCUT2D eigenvalue weighted by Gasteiger charge is 2.31. The van der Waals surface area contributed by atoms with E-state index in [0.717, 1.165) is 163 Å². The Morgan fingerprint density at radius 3 is 1.26 bits per heavy atom. The largest absolute Gasteiger partial charge is 0.445 e. The maximum absolute atomic E-state index is 12.1. The molecule has 25 heteroatoms. The van der Waals surface area contributed by atoms with Crippen molar-refractivity contribution in [2.24, 2.45) is 46.6 Å². The summed E-state index contributed by atoms with van der Waals surface area (Å²) >= 11 is 0. The summed E-state index contributed by atoms with van der Waals surface area (Å²) in [5.74, 6) is 7.30. The minimum absolute atomic E-state index is 0.0143. The second-order valence-corrected chi connectivity index (χ2v) is 48.1. The van der Waals surface area contributed by atoms with Crippen molar-refractivity contribution >= 4 is 52.6 Å². The fraction of sp³-hybridized carbons (Fsp3) is 0.582. The number of nitrogens with zero attached hydrogens (tertiary/aromatic N) is 12. The zero-order chi connectivity index (χ0) is 109. The Balaban J connectivity index is 0.000000229. The van der Waals surface area contributed by atoms with Crippen LogP contribution < -0.4 is 58.5 Å². The van der Waals surface area contributed by atoms with Crippen molar-refractivity contribution in [3.05, 3.63) is 250 Å². The topological polar surface area (TPSA) is 351 Å². The lowest BCUT2D eigenvalue weighted by molar-refractivity contribution is -0.125. The lowest BCUT2D eigenvalue weighted by atomic mass is 9.86. The Morgan fingerprint density at radius 1 is 0.435 bits per heavy atom. The third-order valence-corrected chi connectivity index (χ3v) is 28.0. The molecular weight excluding hydrogens is 1830 g/mol. The quantitative estimate of drug-likeness (QED) is 0.0276. The van der Waals surface area contributed by atoms with E-state index in [1.54, 1.807) is 12.3 Å². The number of anilines is 4. The number of pyridine rings is 8. The summed E-state index contributed by atoms with van der Waals surface area (Å²) in [7, 11) is 0. The number of carbonyl (C=O) groups excluding carboxylic acids is 5. The Bertz CT molecular complexity index is 5280. The molecule has 5 atom stereocenters. The molecule has 25 nitrogen and oxygen atoms in total. The van der Waals surface area contributed by atoms with E-state index in [2.05, 4.69) is 308 Å². The van der Waals surface area contributed by atoms with Crippen molar-refractivity contribution < 1.29 is 28.7 Å². The molecule has 5 aliphatic rings. The fourth-order valence-electron chi connectivity index (χ4n) is 17.0. The highest BCUT2D eigenvalue weighted by Crippen LogP contribution is 2.34. The van der Waals surface area contributed by atoms with Gasteiger partial charge in [0.25, 0.3) is 0 Å². The molecule has 5 aliphatic heterocycles. The third-order valence-electron chi connectivity index (χ3n) is 28.0. The number of hydrogen-bond donors (Lipinski definition) is 7. The Labute approximate surface area is 884 Å². The monoisotopic (exact) mass is 2010 g/mol. The van der Waals surface area contributed by atoms with Gasteiger partial charge in [-0.2, -0.15) is 0 Å². The number of nitrogens with one attached hydrogen (secondary N) is 3. The molecule has 0 bridgehead atoms. The molecule has 0 radical (unpaired) electrons. The summed E-state index contributed by atoms with van der Waals surface area (Å²) in [6.07, 6.45) is 32.9. The molecule has 2 amide bonds. The average molecular weight is 2020 g/mol. The van der Waals surface area contributed by atoms with Crippen molar-refractivity contribution in [1.29, 1.82) is 0 Å². The number of carbonyl (C=O) groups is 5. The lowest BCUT2D eigenvalue weighted by Gasteiger charge is -2.34. The summed E-state index contributed by atoms with van der Waals surface area (Å²) in [6.45, 7) is 70.9. The van der Waals surface area contributed by atoms with Gasteiger partial charge in [-0.15, -0.1) is 0 Å². The van der Waals surface area contributed by atoms with Gasteiger partial charge in [0.05, 0.1) is 6.04 Å². The molecule has 806 valence electrons. The number of aromatic nitrogens is 8. The highest BCUT2D eigenvalue weighted by molar-refractivity contribution is 5.92. The first kappa shape index (κ1) is 123. The molecule has 8 aromatic heterocycles. The average Bonchev–Trinajstić information content (AvgIpc) is 1.82. The molecule has 13 heterocycles. The molecule has 5 fully saturated rings. The molecule has 147 heavy (non-hydrogen) atoms. The van der Waals surface area contributed by atoms with Gasteiger partial charge in [0.2, 0.25) is 5.91 Å².